The minimum Gasteiger partial charge on any atom is -0.390 e. The molecule has 2 N–H and O–H groups in total. The van der Waals surface area contributed by atoms with Gasteiger partial charge in [0.1, 0.15) is 0 Å². The first kappa shape index (κ1) is 20.9. The number of benzene rings is 1. The van der Waals surface area contributed by atoms with Gasteiger partial charge in [0.2, 0.25) is 0 Å². The Bertz CT molecular complexity index is 600. The van der Waals surface area contributed by atoms with Gasteiger partial charge in [-0.15, -0.1) is 0 Å². The topological polar surface area (TPSA) is 55.8 Å². The van der Waals surface area contributed by atoms with Crippen molar-refractivity contribution in [2.24, 2.45) is 0 Å². The molecule has 1 aromatic carbocycles. The predicted octanol–water partition coefficient (Wildman–Crippen LogP) is 2.15. The van der Waals surface area contributed by atoms with E-state index in [0.29, 0.717) is 18.5 Å². The highest BCUT2D eigenvalue weighted by Crippen LogP contribution is 2.26. The molecule has 1 amide bonds. The van der Waals surface area contributed by atoms with E-state index in [9.17, 15) is 9.90 Å². The van der Waals surface area contributed by atoms with Crippen LogP contribution in [-0.2, 0) is 6.42 Å². The number of amides is 1. The number of nitrogens with one attached hydrogen (secondary N) is 1. The summed E-state index contributed by atoms with van der Waals surface area (Å²) in [5, 5.41) is 13.1. The summed E-state index contributed by atoms with van der Waals surface area (Å²) in [7, 11) is 6.36. The maximum absolute atomic E-state index is 12.7. The van der Waals surface area contributed by atoms with Crippen LogP contribution < -0.4 is 5.32 Å². The first-order chi connectivity index (χ1) is 12.1. The third-order valence-corrected chi connectivity index (χ3v) is 5.66. The zero-order valence-corrected chi connectivity index (χ0v) is 17.0. The number of carbonyl (C=O) groups excluding carboxylic acids is 1. The van der Waals surface area contributed by atoms with E-state index in [0.717, 1.165) is 37.9 Å². The van der Waals surface area contributed by atoms with Crippen LogP contribution >= 0.6 is 0 Å². The van der Waals surface area contributed by atoms with Crippen LogP contribution in [0.3, 0.4) is 0 Å². The average Bonchev–Trinajstić information content (AvgIpc) is 2.59. The molecule has 146 valence electrons. The van der Waals surface area contributed by atoms with Crippen molar-refractivity contribution < 1.29 is 9.90 Å². The van der Waals surface area contributed by atoms with Gasteiger partial charge >= 0.3 is 0 Å². The third-order valence-electron chi connectivity index (χ3n) is 5.66. The highest BCUT2D eigenvalue weighted by molar-refractivity contribution is 5.94. The largest absolute Gasteiger partial charge is 0.390 e. The molecular weight excluding hydrogens is 326 g/mol. The summed E-state index contributed by atoms with van der Waals surface area (Å²) in [6.45, 7) is 6.40. The van der Waals surface area contributed by atoms with Crippen molar-refractivity contribution >= 4 is 5.91 Å². The number of likely N-dealkylation sites (N-methyl/N-ethyl adjacent to an activating group) is 1. The van der Waals surface area contributed by atoms with Gasteiger partial charge in [-0.1, -0.05) is 12.1 Å². The van der Waals surface area contributed by atoms with Crippen molar-refractivity contribution in [3.63, 3.8) is 0 Å². The SMILES string of the molecule is CN1CCC(CNC(=O)c2cccc(CCC(C)(C)O)c2)(N(C)C)CC1. The van der Waals surface area contributed by atoms with E-state index in [1.165, 1.54) is 0 Å². The molecule has 1 aromatic rings. The number of likely N-dealkylation sites (tertiary alicyclic amines) is 1. The lowest BCUT2D eigenvalue weighted by Gasteiger charge is -2.45. The van der Waals surface area contributed by atoms with Crippen molar-refractivity contribution in [1.82, 2.24) is 15.1 Å². The molecule has 5 nitrogen and oxygen atoms in total. The van der Waals surface area contributed by atoms with E-state index < -0.39 is 5.60 Å². The van der Waals surface area contributed by atoms with Gasteiger partial charge in [0, 0.05) is 17.6 Å². The monoisotopic (exact) mass is 361 g/mol. The minimum atomic E-state index is -0.690. The average molecular weight is 362 g/mol. The number of hydrogen-bond donors (Lipinski definition) is 2. The molecule has 1 fully saturated rings. The van der Waals surface area contributed by atoms with Crippen LogP contribution in [0.5, 0.6) is 0 Å². The predicted molar refractivity (Wildman–Crippen MR) is 107 cm³/mol. The Morgan fingerprint density at radius 1 is 1.31 bits per heavy atom. The van der Waals surface area contributed by atoms with Gasteiger partial charge in [-0.2, -0.15) is 0 Å². The first-order valence-corrected chi connectivity index (χ1v) is 9.57. The summed E-state index contributed by atoms with van der Waals surface area (Å²) in [4.78, 5) is 17.3. The number of carbonyl (C=O) groups is 1. The molecular formula is C21H35N3O2. The molecule has 0 saturated carbocycles. The number of aliphatic hydroxyl groups is 1. The third kappa shape index (κ3) is 5.79. The van der Waals surface area contributed by atoms with Gasteiger partial charge in [-0.3, -0.25) is 4.79 Å². The molecule has 1 aliphatic rings. The second-order valence-corrected chi connectivity index (χ2v) is 8.62. The number of piperidine rings is 1. The van der Waals surface area contributed by atoms with Crippen LogP contribution in [0.25, 0.3) is 0 Å². The lowest BCUT2D eigenvalue weighted by atomic mass is 9.86. The van der Waals surface area contributed by atoms with E-state index in [-0.39, 0.29) is 11.4 Å². The molecule has 0 radical (unpaired) electrons. The molecule has 0 spiro atoms. The maximum atomic E-state index is 12.7. The van der Waals surface area contributed by atoms with E-state index in [4.69, 9.17) is 0 Å². The number of aryl methyl sites for hydroxylation is 1. The van der Waals surface area contributed by atoms with Crippen molar-refractivity contribution in [3.8, 4) is 0 Å². The Balaban J connectivity index is 1.98. The molecule has 26 heavy (non-hydrogen) atoms. The molecule has 1 saturated heterocycles. The lowest BCUT2D eigenvalue weighted by Crippen LogP contribution is -2.57. The van der Waals surface area contributed by atoms with E-state index in [1.807, 2.05) is 38.1 Å². The molecule has 0 atom stereocenters. The van der Waals surface area contributed by atoms with Crippen LogP contribution in [0.1, 0.15) is 49.0 Å². The molecule has 0 bridgehead atoms. The quantitative estimate of drug-likeness (QED) is 0.781. The zero-order chi connectivity index (χ0) is 19.4. The van der Waals surface area contributed by atoms with Crippen LogP contribution in [0.2, 0.25) is 0 Å². The van der Waals surface area contributed by atoms with Gasteiger partial charge in [0.25, 0.3) is 5.91 Å². The smallest absolute Gasteiger partial charge is 0.251 e. The fraction of sp³-hybridized carbons (Fsp3) is 0.667. The summed E-state index contributed by atoms with van der Waals surface area (Å²) >= 11 is 0. The second kappa shape index (κ2) is 8.51. The van der Waals surface area contributed by atoms with Crippen molar-refractivity contribution in [2.45, 2.75) is 50.7 Å². The van der Waals surface area contributed by atoms with Crippen LogP contribution in [0, 0.1) is 0 Å². The van der Waals surface area contributed by atoms with Gasteiger partial charge in [-0.05, 0) is 91.5 Å². The molecule has 1 aliphatic heterocycles. The van der Waals surface area contributed by atoms with Crippen molar-refractivity contribution in [1.29, 1.82) is 0 Å². The van der Waals surface area contributed by atoms with Crippen molar-refractivity contribution in [2.75, 3.05) is 40.8 Å². The summed E-state index contributed by atoms with van der Waals surface area (Å²) < 4.78 is 0. The Kier molecular flexibility index (Phi) is 6.83. The Hall–Kier alpha value is -1.43. The van der Waals surface area contributed by atoms with E-state index in [2.05, 4.69) is 36.3 Å². The van der Waals surface area contributed by atoms with Crippen LogP contribution in [-0.4, -0.2) is 72.7 Å². The molecule has 0 unspecified atom stereocenters. The van der Waals surface area contributed by atoms with Crippen molar-refractivity contribution in [3.05, 3.63) is 35.4 Å². The number of nitrogens with zero attached hydrogens (tertiary/aromatic N) is 2. The fourth-order valence-corrected chi connectivity index (χ4v) is 3.48. The molecule has 2 rings (SSSR count). The van der Waals surface area contributed by atoms with Crippen LogP contribution in [0.4, 0.5) is 0 Å². The van der Waals surface area contributed by atoms with Crippen LogP contribution in [0.15, 0.2) is 24.3 Å². The Labute approximate surface area is 158 Å². The standard InChI is InChI=1S/C21H35N3O2/c1-20(2,26)10-9-17-7-6-8-18(15-17)19(25)22-16-21(23(3)4)11-13-24(5)14-12-21/h6-8,15,26H,9-14,16H2,1-5H3,(H,22,25). The summed E-state index contributed by atoms with van der Waals surface area (Å²) in [6.07, 6.45) is 3.55. The number of hydrogen-bond acceptors (Lipinski definition) is 4. The molecule has 5 heteroatoms. The zero-order valence-electron chi connectivity index (χ0n) is 17.0. The van der Waals surface area contributed by atoms with Gasteiger partial charge in [-0.25, -0.2) is 0 Å². The first-order valence-electron chi connectivity index (χ1n) is 9.57. The highest BCUT2D eigenvalue weighted by Gasteiger charge is 2.36. The highest BCUT2D eigenvalue weighted by atomic mass is 16.3. The molecule has 0 aliphatic carbocycles. The molecule has 1 heterocycles. The fourth-order valence-electron chi connectivity index (χ4n) is 3.48. The van der Waals surface area contributed by atoms with Gasteiger partial charge < -0.3 is 20.2 Å². The Morgan fingerprint density at radius 2 is 1.96 bits per heavy atom. The number of rotatable bonds is 7. The maximum Gasteiger partial charge on any atom is 0.251 e. The van der Waals surface area contributed by atoms with E-state index >= 15 is 0 Å². The summed E-state index contributed by atoms with van der Waals surface area (Å²) in [5.74, 6) is -0.0183. The summed E-state index contributed by atoms with van der Waals surface area (Å²) in [6, 6.07) is 7.74. The second-order valence-electron chi connectivity index (χ2n) is 8.62. The van der Waals surface area contributed by atoms with Gasteiger partial charge in [0.05, 0.1) is 5.60 Å². The van der Waals surface area contributed by atoms with E-state index in [1.54, 1.807) is 0 Å². The summed E-state index contributed by atoms with van der Waals surface area (Å²) in [5.41, 5.74) is 1.12. The Morgan fingerprint density at radius 3 is 2.54 bits per heavy atom. The minimum absolute atomic E-state index is 0.0183. The lowest BCUT2D eigenvalue weighted by molar-refractivity contribution is 0.0612. The molecule has 0 aromatic heterocycles. The normalized spacial score (nSPS) is 18.1. The van der Waals surface area contributed by atoms with Gasteiger partial charge in [0.15, 0.2) is 0 Å².